The van der Waals surface area contributed by atoms with E-state index in [1.54, 1.807) is 0 Å². The Labute approximate surface area is 84.2 Å². The number of nitrogens with one attached hydrogen (secondary N) is 1. The van der Waals surface area contributed by atoms with Crippen molar-refractivity contribution in [3.8, 4) is 6.19 Å². The second-order valence-electron chi connectivity index (χ2n) is 3.63. The summed E-state index contributed by atoms with van der Waals surface area (Å²) >= 11 is 0. The highest BCUT2D eigenvalue weighted by atomic mass is 16.5. The average Bonchev–Trinajstić information content (AvgIpc) is 2.43. The number of carbonyl (C=O) groups is 1. The molecular weight excluding hydrogens is 180 g/mol. The van der Waals surface area contributed by atoms with Crippen LogP contribution in [-0.2, 0) is 9.53 Å². The van der Waals surface area contributed by atoms with Crippen LogP contribution in [-0.4, -0.2) is 19.1 Å². The molecule has 78 valence electrons. The molecular formula is C10H16N2O2. The number of nitrogens with zero attached hydrogens (tertiary/aromatic N) is 1. The summed E-state index contributed by atoms with van der Waals surface area (Å²) in [5.41, 5.74) is 0. The lowest BCUT2D eigenvalue weighted by Crippen LogP contribution is -2.37. The molecule has 0 spiro atoms. The summed E-state index contributed by atoms with van der Waals surface area (Å²) in [6.07, 6.45) is 6.88. The molecule has 0 amide bonds. The van der Waals surface area contributed by atoms with Gasteiger partial charge in [-0.3, -0.25) is 4.79 Å². The van der Waals surface area contributed by atoms with Crippen LogP contribution in [0.5, 0.6) is 0 Å². The van der Waals surface area contributed by atoms with Crippen molar-refractivity contribution in [1.29, 1.82) is 5.26 Å². The number of nitriles is 1. The molecule has 1 rings (SSSR count). The Hall–Kier alpha value is -1.24. The predicted octanol–water partition coefficient (Wildman–Crippen LogP) is 1.18. The van der Waals surface area contributed by atoms with E-state index in [-0.39, 0.29) is 17.9 Å². The van der Waals surface area contributed by atoms with E-state index in [0.717, 1.165) is 32.1 Å². The molecule has 4 nitrogen and oxygen atoms in total. The van der Waals surface area contributed by atoms with Crippen molar-refractivity contribution >= 4 is 5.97 Å². The summed E-state index contributed by atoms with van der Waals surface area (Å²) in [7, 11) is 1.40. The fraction of sp³-hybridized carbons (Fsp3) is 0.800. The Kier molecular flexibility index (Phi) is 4.24. The van der Waals surface area contributed by atoms with Crippen LogP contribution in [0.15, 0.2) is 0 Å². The van der Waals surface area contributed by atoms with Crippen LogP contribution in [0.25, 0.3) is 0 Å². The SMILES string of the molecule is COC(=O)[C@@H]1CCCCC[C@@H]1NC#N. The molecule has 0 unspecified atom stereocenters. The number of methoxy groups -OCH3 is 1. The quantitative estimate of drug-likeness (QED) is 0.312. The molecule has 0 aromatic carbocycles. The van der Waals surface area contributed by atoms with Gasteiger partial charge in [0.1, 0.15) is 0 Å². The minimum absolute atomic E-state index is 0.0325. The molecule has 2 atom stereocenters. The summed E-state index contributed by atoms with van der Waals surface area (Å²) in [5, 5.41) is 11.3. The molecule has 0 aromatic heterocycles. The fourth-order valence-corrected chi connectivity index (χ4v) is 2.00. The van der Waals surface area contributed by atoms with E-state index < -0.39 is 0 Å². The van der Waals surface area contributed by atoms with Gasteiger partial charge < -0.3 is 10.1 Å². The highest BCUT2D eigenvalue weighted by Crippen LogP contribution is 2.24. The van der Waals surface area contributed by atoms with Crippen LogP contribution < -0.4 is 5.32 Å². The number of hydrogen-bond acceptors (Lipinski definition) is 4. The molecule has 4 heteroatoms. The van der Waals surface area contributed by atoms with E-state index in [1.807, 2.05) is 6.19 Å². The Balaban J connectivity index is 2.64. The molecule has 1 saturated carbocycles. The first kappa shape index (κ1) is 10.8. The summed E-state index contributed by atoms with van der Waals surface area (Å²) in [4.78, 5) is 11.4. The van der Waals surface area contributed by atoms with Crippen LogP contribution in [0.2, 0.25) is 0 Å². The van der Waals surface area contributed by atoms with E-state index in [4.69, 9.17) is 10.00 Å². The van der Waals surface area contributed by atoms with Crippen LogP contribution in [0, 0.1) is 17.4 Å². The van der Waals surface area contributed by atoms with Crippen molar-refractivity contribution in [3.63, 3.8) is 0 Å². The fourth-order valence-electron chi connectivity index (χ4n) is 2.00. The lowest BCUT2D eigenvalue weighted by Gasteiger charge is -2.20. The summed E-state index contributed by atoms with van der Waals surface area (Å²) in [6, 6.07) is -0.0325. The van der Waals surface area contributed by atoms with Gasteiger partial charge in [-0.2, -0.15) is 5.26 Å². The maximum Gasteiger partial charge on any atom is 0.310 e. The van der Waals surface area contributed by atoms with Gasteiger partial charge in [-0.15, -0.1) is 0 Å². The first-order chi connectivity index (χ1) is 6.79. The van der Waals surface area contributed by atoms with Gasteiger partial charge >= 0.3 is 5.97 Å². The van der Waals surface area contributed by atoms with E-state index in [1.165, 1.54) is 7.11 Å². The third-order valence-electron chi connectivity index (χ3n) is 2.77. The second-order valence-corrected chi connectivity index (χ2v) is 3.63. The van der Waals surface area contributed by atoms with E-state index in [2.05, 4.69) is 5.32 Å². The molecule has 0 aliphatic heterocycles. The average molecular weight is 196 g/mol. The van der Waals surface area contributed by atoms with Gasteiger partial charge in [0.15, 0.2) is 6.19 Å². The van der Waals surface area contributed by atoms with Gasteiger partial charge in [0.25, 0.3) is 0 Å². The van der Waals surface area contributed by atoms with Gasteiger partial charge in [0.2, 0.25) is 0 Å². The van der Waals surface area contributed by atoms with Crippen molar-refractivity contribution < 1.29 is 9.53 Å². The molecule has 0 saturated heterocycles. The van der Waals surface area contributed by atoms with Gasteiger partial charge in [-0.1, -0.05) is 19.3 Å². The number of carbonyl (C=O) groups excluding carboxylic acids is 1. The minimum Gasteiger partial charge on any atom is -0.469 e. The van der Waals surface area contributed by atoms with Crippen molar-refractivity contribution in [2.24, 2.45) is 5.92 Å². The summed E-state index contributed by atoms with van der Waals surface area (Å²) in [6.45, 7) is 0. The van der Waals surface area contributed by atoms with E-state index in [0.29, 0.717) is 0 Å². The van der Waals surface area contributed by atoms with E-state index in [9.17, 15) is 4.79 Å². The monoisotopic (exact) mass is 196 g/mol. The standard InChI is InChI=1S/C10H16N2O2/c1-14-10(13)8-5-3-2-4-6-9(8)12-7-11/h8-9,12H,2-6H2,1H3/t8-,9+/m1/s1. The molecule has 0 heterocycles. The maximum absolute atomic E-state index is 11.4. The first-order valence-corrected chi connectivity index (χ1v) is 5.02. The van der Waals surface area contributed by atoms with Crippen LogP contribution in [0.3, 0.4) is 0 Å². The van der Waals surface area contributed by atoms with Gasteiger partial charge in [-0.05, 0) is 12.8 Å². The molecule has 1 N–H and O–H groups in total. The molecule has 14 heavy (non-hydrogen) atoms. The van der Waals surface area contributed by atoms with Crippen molar-refractivity contribution in [1.82, 2.24) is 5.32 Å². The lowest BCUT2D eigenvalue weighted by atomic mass is 9.95. The number of hydrogen-bond donors (Lipinski definition) is 1. The number of rotatable bonds is 2. The maximum atomic E-state index is 11.4. The topological polar surface area (TPSA) is 62.1 Å². The lowest BCUT2D eigenvalue weighted by molar-refractivity contribution is -0.146. The predicted molar refractivity (Wildman–Crippen MR) is 51.1 cm³/mol. The Bertz CT molecular complexity index is 235. The second kappa shape index (κ2) is 5.48. The third kappa shape index (κ3) is 2.63. The molecule has 1 fully saturated rings. The smallest absolute Gasteiger partial charge is 0.310 e. The van der Waals surface area contributed by atoms with Crippen LogP contribution in [0.4, 0.5) is 0 Å². The number of ether oxygens (including phenoxy) is 1. The molecule has 0 radical (unpaired) electrons. The minimum atomic E-state index is -0.195. The zero-order valence-corrected chi connectivity index (χ0v) is 8.45. The molecule has 1 aliphatic carbocycles. The zero-order valence-electron chi connectivity index (χ0n) is 8.45. The van der Waals surface area contributed by atoms with Crippen LogP contribution in [0.1, 0.15) is 32.1 Å². The highest BCUT2D eigenvalue weighted by Gasteiger charge is 2.30. The Morgan fingerprint density at radius 2 is 2.14 bits per heavy atom. The molecule has 0 aromatic rings. The largest absolute Gasteiger partial charge is 0.469 e. The van der Waals surface area contributed by atoms with Gasteiger partial charge in [-0.25, -0.2) is 0 Å². The van der Waals surface area contributed by atoms with Crippen LogP contribution >= 0.6 is 0 Å². The van der Waals surface area contributed by atoms with Crippen molar-refractivity contribution in [2.75, 3.05) is 7.11 Å². The Morgan fingerprint density at radius 3 is 2.79 bits per heavy atom. The first-order valence-electron chi connectivity index (χ1n) is 5.02. The Morgan fingerprint density at radius 1 is 1.43 bits per heavy atom. The number of esters is 1. The zero-order chi connectivity index (χ0) is 10.4. The van der Waals surface area contributed by atoms with Gasteiger partial charge in [0.05, 0.1) is 13.0 Å². The third-order valence-corrected chi connectivity index (χ3v) is 2.77. The van der Waals surface area contributed by atoms with E-state index >= 15 is 0 Å². The van der Waals surface area contributed by atoms with Gasteiger partial charge in [0, 0.05) is 6.04 Å². The summed E-state index contributed by atoms with van der Waals surface area (Å²) in [5.74, 6) is -0.346. The molecule has 1 aliphatic rings. The molecule has 0 bridgehead atoms. The summed E-state index contributed by atoms with van der Waals surface area (Å²) < 4.78 is 4.73. The van der Waals surface area contributed by atoms with Crippen molar-refractivity contribution in [2.45, 2.75) is 38.1 Å². The highest BCUT2D eigenvalue weighted by molar-refractivity contribution is 5.73. The van der Waals surface area contributed by atoms with Crippen molar-refractivity contribution in [3.05, 3.63) is 0 Å². The normalized spacial score (nSPS) is 27.1.